The summed E-state index contributed by atoms with van der Waals surface area (Å²) in [7, 11) is -0.842. The van der Waals surface area contributed by atoms with Crippen LogP contribution in [0.4, 0.5) is 0 Å². The molecule has 0 aromatic carbocycles. The molecular weight excluding hydrogens is 114 g/mol. The zero-order valence-electron chi connectivity index (χ0n) is 4.47. The van der Waals surface area contributed by atoms with Gasteiger partial charge in [0.2, 0.25) is 0 Å². The molecule has 0 heterocycles. The quantitative estimate of drug-likeness (QED) is 0.239. The van der Waals surface area contributed by atoms with E-state index in [1.807, 2.05) is 0 Å². The minimum absolute atomic E-state index is 0. The predicted molar refractivity (Wildman–Crippen MR) is 18.3 cm³/mol. The normalized spacial score (nSPS) is 7.50. The van der Waals surface area contributed by atoms with E-state index in [1.165, 1.54) is 0 Å². The van der Waals surface area contributed by atoms with Gasteiger partial charge < -0.3 is 6.53 Å². The van der Waals surface area contributed by atoms with Gasteiger partial charge in [-0.25, -0.2) is 0 Å². The molecule has 0 aliphatic rings. The van der Waals surface area contributed by atoms with Crippen LogP contribution < -0.4 is 29.6 Å². The Labute approximate surface area is 60.8 Å². The van der Waals surface area contributed by atoms with Gasteiger partial charge >= 0.3 is 38.2 Å². The average Bonchev–Trinajstić information content (AvgIpc) is 1.41. The third kappa shape index (κ3) is 8.89. The van der Waals surface area contributed by atoms with Gasteiger partial charge in [0.25, 0.3) is 0 Å². The Balaban J connectivity index is -0.0000000800. The SMILES string of the molecule is O=[PH+]OCO.[H-].[Na+]. The summed E-state index contributed by atoms with van der Waals surface area (Å²) in [6, 6.07) is 0. The van der Waals surface area contributed by atoms with Crippen LogP contribution in [0.15, 0.2) is 0 Å². The third-order valence-corrected chi connectivity index (χ3v) is 0.370. The molecule has 0 amide bonds. The van der Waals surface area contributed by atoms with E-state index in [9.17, 15) is 4.57 Å². The molecule has 32 valence electrons. The van der Waals surface area contributed by atoms with Gasteiger partial charge in [0, 0.05) is 0 Å². The monoisotopic (exact) mass is 119 g/mol. The van der Waals surface area contributed by atoms with Crippen molar-refractivity contribution in [2.24, 2.45) is 0 Å². The van der Waals surface area contributed by atoms with E-state index >= 15 is 0 Å². The Kier molecular flexibility index (Phi) is 15.8. The molecule has 0 radical (unpaired) electrons. The second-order valence-electron chi connectivity index (χ2n) is 0.357. The molecule has 5 heteroatoms. The third-order valence-electron chi connectivity index (χ3n) is 0.123. The molecule has 1 unspecified atom stereocenters. The summed E-state index contributed by atoms with van der Waals surface area (Å²) >= 11 is 0. The maximum absolute atomic E-state index is 9.18. The first-order chi connectivity index (χ1) is 2.41. The molecule has 0 fully saturated rings. The summed E-state index contributed by atoms with van der Waals surface area (Å²) < 4.78 is 13.0. The molecule has 1 N–H and O–H groups in total. The number of hydrogen-bond donors (Lipinski definition) is 1. The second kappa shape index (κ2) is 9.39. The number of rotatable bonds is 2. The van der Waals surface area contributed by atoms with Gasteiger partial charge in [-0.15, -0.1) is 4.52 Å². The van der Waals surface area contributed by atoms with Crippen LogP contribution in [0.1, 0.15) is 1.43 Å². The fraction of sp³-hybridized carbons (Fsp3) is 1.00. The maximum Gasteiger partial charge on any atom is 1.00 e. The first kappa shape index (κ1) is 10.1. The van der Waals surface area contributed by atoms with E-state index < -0.39 is 15.5 Å². The summed E-state index contributed by atoms with van der Waals surface area (Å²) in [5.74, 6) is 0. The van der Waals surface area contributed by atoms with Crippen LogP contribution in [-0.4, -0.2) is 11.9 Å². The molecule has 3 nitrogen and oxygen atoms in total. The zero-order valence-corrected chi connectivity index (χ0v) is 6.47. The van der Waals surface area contributed by atoms with Crippen LogP contribution in [0.3, 0.4) is 0 Å². The Morgan fingerprint density at radius 1 is 2.00 bits per heavy atom. The van der Waals surface area contributed by atoms with Gasteiger partial charge in [-0.2, -0.15) is 0 Å². The first-order valence-corrected chi connectivity index (χ1v) is 1.83. The van der Waals surface area contributed by atoms with Crippen molar-refractivity contribution < 1.29 is 45.2 Å². The molecular formula is CH5NaO3P+. The Morgan fingerprint density at radius 2 is 2.50 bits per heavy atom. The predicted octanol–water partition coefficient (Wildman–Crippen LogP) is -2.99. The van der Waals surface area contributed by atoms with Crippen LogP contribution in [0.2, 0.25) is 0 Å². The van der Waals surface area contributed by atoms with Crippen molar-refractivity contribution in [3.63, 3.8) is 0 Å². The summed E-state index contributed by atoms with van der Waals surface area (Å²) in [6.45, 7) is -0.456. The molecule has 0 aromatic rings. The number of aliphatic hydroxyl groups is 1. The summed E-state index contributed by atoms with van der Waals surface area (Å²) in [6.07, 6.45) is 0. The van der Waals surface area contributed by atoms with Crippen molar-refractivity contribution in [1.82, 2.24) is 0 Å². The standard InChI is InChI=1S/CH4O3P.Na.H/c2-1-4-5-3;;/h2,5H,1H2;;/q2*+1;-1. The van der Waals surface area contributed by atoms with E-state index in [0.29, 0.717) is 0 Å². The number of hydrogen-bond acceptors (Lipinski definition) is 3. The Hall–Kier alpha value is 1.02. The van der Waals surface area contributed by atoms with Crippen LogP contribution in [-0.2, 0) is 9.09 Å². The topological polar surface area (TPSA) is 46.5 Å². The first-order valence-electron chi connectivity index (χ1n) is 1.01. The van der Waals surface area contributed by atoms with Gasteiger partial charge in [-0.1, -0.05) is 0 Å². The molecule has 0 saturated carbocycles. The van der Waals surface area contributed by atoms with Crippen LogP contribution >= 0.6 is 8.69 Å². The van der Waals surface area contributed by atoms with E-state index in [1.54, 1.807) is 0 Å². The summed E-state index contributed by atoms with van der Waals surface area (Å²) in [5, 5.41) is 7.65. The maximum atomic E-state index is 9.18. The molecule has 1 atom stereocenters. The minimum Gasteiger partial charge on any atom is -1.00 e. The fourth-order valence-corrected chi connectivity index (χ4v) is 0.0791. The zero-order chi connectivity index (χ0) is 4.12. The Morgan fingerprint density at radius 3 is 2.50 bits per heavy atom. The summed E-state index contributed by atoms with van der Waals surface area (Å²) in [5.41, 5.74) is 0. The van der Waals surface area contributed by atoms with Crippen molar-refractivity contribution >= 4 is 8.69 Å². The van der Waals surface area contributed by atoms with Crippen molar-refractivity contribution in [3.8, 4) is 0 Å². The van der Waals surface area contributed by atoms with Gasteiger partial charge in [0.15, 0.2) is 6.79 Å². The van der Waals surface area contributed by atoms with E-state index in [4.69, 9.17) is 5.11 Å². The van der Waals surface area contributed by atoms with Crippen molar-refractivity contribution in [2.75, 3.05) is 6.79 Å². The van der Waals surface area contributed by atoms with Gasteiger partial charge in [-0.3, -0.25) is 0 Å². The van der Waals surface area contributed by atoms with Crippen molar-refractivity contribution in [2.45, 2.75) is 0 Å². The van der Waals surface area contributed by atoms with Gasteiger partial charge in [0.05, 0.1) is 0 Å². The Bertz CT molecular complexity index is 36.1. The molecule has 0 spiro atoms. The molecule has 0 aromatic heterocycles. The number of aliphatic hydroxyl groups excluding tert-OH is 1. The summed E-state index contributed by atoms with van der Waals surface area (Å²) in [4.78, 5) is 0. The van der Waals surface area contributed by atoms with Crippen molar-refractivity contribution in [1.29, 1.82) is 0 Å². The van der Waals surface area contributed by atoms with Crippen LogP contribution in [0, 0.1) is 0 Å². The molecule has 0 rings (SSSR count). The average molecular weight is 119 g/mol. The molecule has 0 saturated heterocycles. The largest absolute Gasteiger partial charge is 1.00 e. The van der Waals surface area contributed by atoms with Gasteiger partial charge in [-0.05, 0) is 4.57 Å². The second-order valence-corrected chi connectivity index (χ2v) is 0.812. The van der Waals surface area contributed by atoms with Crippen LogP contribution in [0.25, 0.3) is 0 Å². The molecule has 0 aliphatic carbocycles. The smallest absolute Gasteiger partial charge is 1.00 e. The van der Waals surface area contributed by atoms with Gasteiger partial charge in [0.1, 0.15) is 0 Å². The molecule has 6 heavy (non-hydrogen) atoms. The molecule has 0 bridgehead atoms. The minimum atomic E-state index is -0.842. The molecule has 0 aliphatic heterocycles. The fourth-order valence-electron chi connectivity index (χ4n) is 0.0264. The van der Waals surface area contributed by atoms with E-state index in [0.717, 1.165) is 0 Å². The van der Waals surface area contributed by atoms with Crippen molar-refractivity contribution in [3.05, 3.63) is 0 Å². The van der Waals surface area contributed by atoms with Crippen LogP contribution in [0.5, 0.6) is 0 Å². The van der Waals surface area contributed by atoms with E-state index in [2.05, 4.69) is 4.52 Å². The van der Waals surface area contributed by atoms with E-state index in [-0.39, 0.29) is 31.0 Å².